The highest BCUT2D eigenvalue weighted by molar-refractivity contribution is 5.85. The molecule has 0 spiro atoms. The lowest BCUT2D eigenvalue weighted by Crippen LogP contribution is -2.39. The first-order valence-corrected chi connectivity index (χ1v) is 2.92. The van der Waals surface area contributed by atoms with Gasteiger partial charge in [0.05, 0.1) is 6.10 Å². The minimum atomic E-state index is 0. The molecule has 1 aliphatic rings. The Balaban J connectivity index is 0.000000640. The molecule has 3 nitrogen and oxygen atoms in total. The van der Waals surface area contributed by atoms with Crippen LogP contribution in [0, 0.1) is 0 Å². The number of ether oxygens (including phenoxy) is 1. The Bertz CT molecular complexity index is 81.4. The van der Waals surface area contributed by atoms with Crippen molar-refractivity contribution in [3.05, 3.63) is 0 Å². The molecule has 56 valence electrons. The molecule has 0 aliphatic carbocycles. The van der Waals surface area contributed by atoms with Crippen molar-refractivity contribution in [2.75, 3.05) is 6.61 Å². The molecule has 0 aromatic carbocycles. The van der Waals surface area contributed by atoms with Crippen molar-refractivity contribution in [1.29, 1.82) is 0 Å². The number of hydrogen-bond donors (Lipinski definition) is 2. The summed E-state index contributed by atoms with van der Waals surface area (Å²) in [5.41, 5.74) is 2.69. The molecular weight excluding hydrogens is 140 g/mol. The highest BCUT2D eigenvalue weighted by Crippen LogP contribution is 2.10. The van der Waals surface area contributed by atoms with E-state index in [0.717, 1.165) is 13.0 Å². The van der Waals surface area contributed by atoms with E-state index in [2.05, 4.69) is 5.43 Å². The fourth-order valence-electron chi connectivity index (χ4n) is 0.951. The van der Waals surface area contributed by atoms with Crippen LogP contribution in [0.5, 0.6) is 0 Å². The van der Waals surface area contributed by atoms with E-state index >= 15 is 0 Å². The van der Waals surface area contributed by atoms with Gasteiger partial charge in [-0.05, 0) is 13.3 Å². The molecule has 2 atom stereocenters. The lowest BCUT2D eigenvalue weighted by atomic mass is 10.2. The van der Waals surface area contributed by atoms with E-state index in [0.29, 0.717) is 12.1 Å². The zero-order chi connectivity index (χ0) is 5.98. The summed E-state index contributed by atoms with van der Waals surface area (Å²) in [4.78, 5) is 0. The molecule has 4 heteroatoms. The summed E-state index contributed by atoms with van der Waals surface area (Å²) in [5, 5.41) is 0. The summed E-state index contributed by atoms with van der Waals surface area (Å²) in [5.74, 6) is 5.19. The van der Waals surface area contributed by atoms with Crippen molar-refractivity contribution in [2.45, 2.75) is 25.5 Å². The van der Waals surface area contributed by atoms with Crippen LogP contribution < -0.4 is 11.3 Å². The van der Waals surface area contributed by atoms with Gasteiger partial charge < -0.3 is 4.74 Å². The molecule has 1 rings (SSSR count). The summed E-state index contributed by atoms with van der Waals surface area (Å²) in [7, 11) is 0. The van der Waals surface area contributed by atoms with Crippen LogP contribution in [0.15, 0.2) is 0 Å². The van der Waals surface area contributed by atoms with Crippen molar-refractivity contribution in [2.24, 2.45) is 5.84 Å². The summed E-state index contributed by atoms with van der Waals surface area (Å²) in [6.07, 6.45) is 1.33. The summed E-state index contributed by atoms with van der Waals surface area (Å²) in [6.45, 7) is 2.87. The second-order valence-electron chi connectivity index (χ2n) is 2.14. The zero-order valence-electron chi connectivity index (χ0n) is 5.46. The molecular formula is C5H13ClN2O. The molecule has 0 aromatic rings. The largest absolute Gasteiger partial charge is 0.377 e. The first-order valence-electron chi connectivity index (χ1n) is 2.92. The van der Waals surface area contributed by atoms with Crippen LogP contribution in [-0.2, 0) is 4.74 Å². The second-order valence-corrected chi connectivity index (χ2v) is 2.14. The molecule has 0 saturated carbocycles. The average Bonchev–Trinajstić information content (AvgIpc) is 2.14. The summed E-state index contributed by atoms with van der Waals surface area (Å²) >= 11 is 0. The number of nitrogens with one attached hydrogen (secondary N) is 1. The average molecular weight is 153 g/mol. The molecule has 1 saturated heterocycles. The molecule has 1 fully saturated rings. The Morgan fingerprint density at radius 1 is 1.67 bits per heavy atom. The van der Waals surface area contributed by atoms with Gasteiger partial charge in [-0.25, -0.2) is 0 Å². The smallest absolute Gasteiger partial charge is 0.0714 e. The van der Waals surface area contributed by atoms with Gasteiger partial charge in [0, 0.05) is 12.6 Å². The van der Waals surface area contributed by atoms with Crippen molar-refractivity contribution in [1.82, 2.24) is 5.43 Å². The predicted molar refractivity (Wildman–Crippen MR) is 38.4 cm³/mol. The fraction of sp³-hybridized carbons (Fsp3) is 1.00. The van der Waals surface area contributed by atoms with Crippen molar-refractivity contribution >= 4 is 12.4 Å². The normalized spacial score (nSPS) is 34.0. The maximum Gasteiger partial charge on any atom is 0.0714 e. The van der Waals surface area contributed by atoms with Crippen LogP contribution in [0.1, 0.15) is 13.3 Å². The van der Waals surface area contributed by atoms with Crippen molar-refractivity contribution < 1.29 is 4.74 Å². The minimum absolute atomic E-state index is 0. The van der Waals surface area contributed by atoms with Gasteiger partial charge in [0.25, 0.3) is 0 Å². The van der Waals surface area contributed by atoms with Gasteiger partial charge in [-0.15, -0.1) is 12.4 Å². The highest BCUT2D eigenvalue weighted by Gasteiger charge is 2.21. The van der Waals surface area contributed by atoms with E-state index in [-0.39, 0.29) is 12.4 Å². The maximum atomic E-state index is 5.21. The third-order valence-corrected chi connectivity index (χ3v) is 1.59. The van der Waals surface area contributed by atoms with Gasteiger partial charge in [0.1, 0.15) is 0 Å². The van der Waals surface area contributed by atoms with E-state index in [9.17, 15) is 0 Å². The Labute approximate surface area is 61.3 Å². The van der Waals surface area contributed by atoms with E-state index in [4.69, 9.17) is 10.6 Å². The maximum absolute atomic E-state index is 5.21. The molecule has 0 radical (unpaired) electrons. The highest BCUT2D eigenvalue weighted by atomic mass is 35.5. The minimum Gasteiger partial charge on any atom is -0.377 e. The van der Waals surface area contributed by atoms with E-state index in [1.165, 1.54) is 0 Å². The quantitative estimate of drug-likeness (QED) is 0.412. The van der Waals surface area contributed by atoms with Crippen LogP contribution in [0.25, 0.3) is 0 Å². The molecule has 0 aromatic heterocycles. The third-order valence-electron chi connectivity index (χ3n) is 1.59. The molecule has 0 amide bonds. The Kier molecular flexibility index (Phi) is 4.14. The fourth-order valence-corrected chi connectivity index (χ4v) is 0.951. The molecule has 0 unspecified atom stereocenters. The topological polar surface area (TPSA) is 47.3 Å². The van der Waals surface area contributed by atoms with Crippen LogP contribution in [0.2, 0.25) is 0 Å². The van der Waals surface area contributed by atoms with Crippen LogP contribution >= 0.6 is 12.4 Å². The number of hydrazine groups is 1. The summed E-state index contributed by atoms with van der Waals surface area (Å²) < 4.78 is 5.21. The van der Waals surface area contributed by atoms with Gasteiger partial charge in [-0.3, -0.25) is 11.3 Å². The van der Waals surface area contributed by atoms with Gasteiger partial charge in [-0.2, -0.15) is 0 Å². The number of nitrogens with two attached hydrogens (primary N) is 1. The van der Waals surface area contributed by atoms with Crippen molar-refractivity contribution in [3.63, 3.8) is 0 Å². The van der Waals surface area contributed by atoms with Gasteiger partial charge in [0.2, 0.25) is 0 Å². The van der Waals surface area contributed by atoms with Gasteiger partial charge >= 0.3 is 0 Å². The van der Waals surface area contributed by atoms with Crippen LogP contribution in [0.4, 0.5) is 0 Å². The zero-order valence-corrected chi connectivity index (χ0v) is 6.28. The number of hydrogen-bond acceptors (Lipinski definition) is 3. The van der Waals surface area contributed by atoms with E-state index in [1.54, 1.807) is 0 Å². The first-order chi connectivity index (χ1) is 3.84. The molecule has 9 heavy (non-hydrogen) atoms. The van der Waals surface area contributed by atoms with Crippen molar-refractivity contribution in [3.8, 4) is 0 Å². The summed E-state index contributed by atoms with van der Waals surface area (Å²) in [6, 6.07) is 0.370. The van der Waals surface area contributed by atoms with E-state index < -0.39 is 0 Å². The third kappa shape index (κ3) is 2.10. The van der Waals surface area contributed by atoms with Crippen LogP contribution in [0.3, 0.4) is 0 Å². The number of rotatable bonds is 1. The van der Waals surface area contributed by atoms with Gasteiger partial charge in [0.15, 0.2) is 0 Å². The SMILES string of the molecule is C[C@@H]1OCC[C@H]1NN.Cl. The molecule has 0 bridgehead atoms. The Morgan fingerprint density at radius 2 is 2.33 bits per heavy atom. The number of halogens is 1. The molecule has 1 heterocycles. The van der Waals surface area contributed by atoms with Gasteiger partial charge in [-0.1, -0.05) is 0 Å². The first kappa shape index (κ1) is 9.17. The predicted octanol–water partition coefficient (Wildman–Crippen LogP) is 0.0489. The monoisotopic (exact) mass is 152 g/mol. The van der Waals surface area contributed by atoms with E-state index in [1.807, 2.05) is 6.92 Å². The second kappa shape index (κ2) is 4.06. The molecule has 3 N–H and O–H groups in total. The Hall–Kier alpha value is 0.170. The lowest BCUT2D eigenvalue weighted by Gasteiger charge is -2.10. The lowest BCUT2D eigenvalue weighted by molar-refractivity contribution is 0.113. The molecule has 1 aliphatic heterocycles. The standard InChI is InChI=1S/C5H12N2O.ClH/c1-4-5(7-6)2-3-8-4;/h4-5,7H,2-3,6H2,1H3;1H/t4-,5+;/m0./s1. The Morgan fingerprint density at radius 3 is 2.56 bits per heavy atom. The van der Waals surface area contributed by atoms with Crippen LogP contribution in [-0.4, -0.2) is 18.8 Å².